The minimum absolute atomic E-state index is 0.132. The molecule has 7 nitrogen and oxygen atoms in total. The summed E-state index contributed by atoms with van der Waals surface area (Å²) < 4.78 is 10.8. The van der Waals surface area contributed by atoms with Crippen molar-refractivity contribution >= 4 is 0 Å². The molecule has 1 aromatic heterocycles. The molecule has 0 aliphatic heterocycles. The van der Waals surface area contributed by atoms with Crippen molar-refractivity contribution < 1.29 is 14.6 Å². The van der Waals surface area contributed by atoms with Crippen LogP contribution in [0.15, 0.2) is 6.20 Å². The van der Waals surface area contributed by atoms with Gasteiger partial charge in [-0.25, -0.2) is 0 Å². The second kappa shape index (κ2) is 7.56. The number of hydrogen-bond acceptors (Lipinski definition) is 6. The van der Waals surface area contributed by atoms with Gasteiger partial charge in [-0.3, -0.25) is 5.01 Å². The third-order valence-corrected chi connectivity index (χ3v) is 3.51. The molecule has 20 heavy (non-hydrogen) atoms. The molecule has 1 heterocycles. The molecule has 0 radical (unpaired) electrons. The number of likely N-dealkylation sites (N-methyl/N-ethyl adjacent to an activating group) is 1. The Hall–Kier alpha value is -1.18. The van der Waals surface area contributed by atoms with Crippen molar-refractivity contribution in [3.05, 3.63) is 11.9 Å². The van der Waals surface area contributed by atoms with Crippen LogP contribution in [-0.2, 0) is 16.1 Å². The highest BCUT2D eigenvalue weighted by molar-refractivity contribution is 5.02. The van der Waals surface area contributed by atoms with Crippen LogP contribution in [0.1, 0.15) is 31.9 Å². The lowest BCUT2D eigenvalue weighted by Gasteiger charge is -2.39. The summed E-state index contributed by atoms with van der Waals surface area (Å²) in [6.07, 6.45) is 4.43. The van der Waals surface area contributed by atoms with Crippen LogP contribution in [0.25, 0.3) is 0 Å². The van der Waals surface area contributed by atoms with E-state index >= 15 is 0 Å². The van der Waals surface area contributed by atoms with E-state index in [0.717, 1.165) is 31.6 Å². The van der Waals surface area contributed by atoms with Crippen LogP contribution in [0.4, 0.5) is 0 Å². The van der Waals surface area contributed by atoms with Crippen LogP contribution in [0.2, 0.25) is 0 Å². The van der Waals surface area contributed by atoms with Gasteiger partial charge in [0.2, 0.25) is 0 Å². The molecule has 1 N–H and O–H groups in total. The maximum absolute atomic E-state index is 9.65. The van der Waals surface area contributed by atoms with E-state index in [1.165, 1.54) is 0 Å². The fraction of sp³-hybridized carbons (Fsp3) is 0.846. The Kier molecular flexibility index (Phi) is 5.75. The van der Waals surface area contributed by atoms with E-state index in [1.54, 1.807) is 4.79 Å². The van der Waals surface area contributed by atoms with E-state index in [1.807, 2.05) is 18.3 Å². The molecule has 1 saturated carbocycles. The van der Waals surface area contributed by atoms with Gasteiger partial charge in [0.1, 0.15) is 5.69 Å². The number of aliphatic hydroxyl groups is 1. The van der Waals surface area contributed by atoms with Crippen LogP contribution >= 0.6 is 0 Å². The zero-order chi connectivity index (χ0) is 14.4. The summed E-state index contributed by atoms with van der Waals surface area (Å²) in [4.78, 5) is 1.67. The monoisotopic (exact) mass is 284 g/mol. The van der Waals surface area contributed by atoms with Crippen LogP contribution in [-0.4, -0.2) is 59.2 Å². The normalized spacial score (nSPS) is 21.8. The summed E-state index contributed by atoms with van der Waals surface area (Å²) in [7, 11) is 1.91. The maximum Gasteiger partial charge on any atom is 0.111 e. The first-order valence-corrected chi connectivity index (χ1v) is 7.20. The van der Waals surface area contributed by atoms with Crippen LogP contribution in [0, 0.1) is 0 Å². The van der Waals surface area contributed by atoms with Gasteiger partial charge in [0, 0.05) is 13.7 Å². The number of ether oxygens (including phenoxy) is 2. The predicted molar refractivity (Wildman–Crippen MR) is 74.0 cm³/mol. The smallest absolute Gasteiger partial charge is 0.111 e. The molecule has 2 unspecified atom stereocenters. The second-order valence-electron chi connectivity index (χ2n) is 5.08. The quantitative estimate of drug-likeness (QED) is 0.658. The molecule has 114 valence electrons. The highest BCUT2D eigenvalue weighted by Gasteiger charge is 2.33. The summed E-state index contributed by atoms with van der Waals surface area (Å²) in [5, 5.41) is 19.7. The molecular weight excluding hydrogens is 260 g/mol. The van der Waals surface area contributed by atoms with Crippen molar-refractivity contribution in [3.8, 4) is 0 Å². The molecule has 0 aromatic carbocycles. The molecule has 0 saturated heterocycles. The van der Waals surface area contributed by atoms with Gasteiger partial charge in [-0.1, -0.05) is 6.92 Å². The Morgan fingerprint density at radius 1 is 1.35 bits per heavy atom. The van der Waals surface area contributed by atoms with Crippen molar-refractivity contribution in [2.45, 2.75) is 44.9 Å². The largest absolute Gasteiger partial charge is 0.391 e. The van der Waals surface area contributed by atoms with Gasteiger partial charge < -0.3 is 14.6 Å². The predicted octanol–water partition coefficient (Wildman–Crippen LogP) is 0.312. The highest BCUT2D eigenvalue weighted by atomic mass is 16.5. The summed E-state index contributed by atoms with van der Waals surface area (Å²) >= 11 is 0. The molecule has 2 atom stereocenters. The molecule has 7 heteroatoms. The van der Waals surface area contributed by atoms with E-state index in [2.05, 4.69) is 17.2 Å². The standard InChI is InChI=1S/C13H24N4O3/c1-3-6-19-7-8-20-10-11-9-17(15-14-11)16(2)12-4-5-13(12)18/h9,12-13,18H,3-8,10H2,1-2H3. The third-order valence-electron chi connectivity index (χ3n) is 3.51. The fourth-order valence-electron chi connectivity index (χ4n) is 2.10. The first kappa shape index (κ1) is 15.2. The minimum Gasteiger partial charge on any atom is -0.391 e. The van der Waals surface area contributed by atoms with Gasteiger partial charge in [0.05, 0.1) is 38.2 Å². The average molecular weight is 284 g/mol. The highest BCUT2D eigenvalue weighted by Crippen LogP contribution is 2.23. The van der Waals surface area contributed by atoms with Gasteiger partial charge in [-0.15, -0.1) is 5.10 Å². The lowest BCUT2D eigenvalue weighted by Crippen LogP contribution is -2.53. The Morgan fingerprint density at radius 2 is 2.15 bits per heavy atom. The second-order valence-corrected chi connectivity index (χ2v) is 5.08. The first-order valence-electron chi connectivity index (χ1n) is 7.20. The van der Waals surface area contributed by atoms with Crippen molar-refractivity contribution in [1.82, 2.24) is 15.1 Å². The van der Waals surface area contributed by atoms with Gasteiger partial charge in [0.25, 0.3) is 0 Å². The summed E-state index contributed by atoms with van der Waals surface area (Å²) in [5.41, 5.74) is 0.779. The average Bonchev–Trinajstić information content (AvgIpc) is 2.90. The topological polar surface area (TPSA) is 72.6 Å². The van der Waals surface area contributed by atoms with Crippen LogP contribution in [0.5, 0.6) is 0 Å². The van der Waals surface area contributed by atoms with E-state index < -0.39 is 0 Å². The van der Waals surface area contributed by atoms with Crippen LogP contribution < -0.4 is 5.01 Å². The zero-order valence-electron chi connectivity index (χ0n) is 12.2. The van der Waals surface area contributed by atoms with Crippen molar-refractivity contribution in [3.63, 3.8) is 0 Å². The Morgan fingerprint density at radius 3 is 2.80 bits per heavy atom. The van der Waals surface area contributed by atoms with Crippen molar-refractivity contribution in [1.29, 1.82) is 0 Å². The van der Waals surface area contributed by atoms with Crippen LogP contribution in [0.3, 0.4) is 0 Å². The summed E-state index contributed by atoms with van der Waals surface area (Å²) in [5.74, 6) is 0. The summed E-state index contributed by atoms with van der Waals surface area (Å²) in [6, 6.07) is 0.132. The first-order chi connectivity index (χ1) is 9.72. The third kappa shape index (κ3) is 3.91. The molecule has 1 fully saturated rings. The Balaban J connectivity index is 1.69. The maximum atomic E-state index is 9.65. The molecule has 0 spiro atoms. The zero-order valence-corrected chi connectivity index (χ0v) is 12.2. The van der Waals surface area contributed by atoms with E-state index in [9.17, 15) is 5.11 Å². The SMILES string of the molecule is CCCOCCOCc1cn(N(C)C2CCC2O)nn1. The summed E-state index contributed by atoms with van der Waals surface area (Å²) in [6.45, 7) is 4.44. The van der Waals surface area contributed by atoms with E-state index in [4.69, 9.17) is 9.47 Å². The van der Waals surface area contributed by atoms with Gasteiger partial charge in [0.15, 0.2) is 0 Å². The minimum atomic E-state index is -0.264. The molecule has 0 bridgehead atoms. The molecule has 2 rings (SSSR count). The van der Waals surface area contributed by atoms with Gasteiger partial charge in [-0.05, 0) is 24.5 Å². The number of nitrogens with zero attached hydrogens (tertiary/aromatic N) is 4. The molecule has 1 aliphatic rings. The van der Waals surface area contributed by atoms with E-state index in [-0.39, 0.29) is 12.1 Å². The van der Waals surface area contributed by atoms with Gasteiger partial charge >= 0.3 is 0 Å². The Labute approximate surface area is 119 Å². The lowest BCUT2D eigenvalue weighted by molar-refractivity contribution is 0.0397. The molecular formula is C13H24N4O3. The van der Waals surface area contributed by atoms with Crippen molar-refractivity contribution in [2.24, 2.45) is 0 Å². The number of aliphatic hydroxyl groups excluding tert-OH is 1. The molecule has 0 amide bonds. The number of rotatable bonds is 9. The Bertz CT molecular complexity index is 399. The van der Waals surface area contributed by atoms with Gasteiger partial charge in [-0.2, -0.15) is 4.79 Å². The lowest BCUT2D eigenvalue weighted by atomic mass is 9.89. The van der Waals surface area contributed by atoms with Crippen molar-refractivity contribution in [2.75, 3.05) is 31.9 Å². The van der Waals surface area contributed by atoms with E-state index in [0.29, 0.717) is 19.8 Å². The molecule has 1 aliphatic carbocycles. The number of hydrogen-bond donors (Lipinski definition) is 1. The molecule has 1 aromatic rings. The fourth-order valence-corrected chi connectivity index (χ4v) is 2.10. The number of aromatic nitrogens is 3.